The lowest BCUT2D eigenvalue weighted by Gasteiger charge is -2.34. The molecule has 1 aromatic heterocycles. The highest BCUT2D eigenvalue weighted by Crippen LogP contribution is 2.41. The van der Waals surface area contributed by atoms with E-state index in [1.165, 1.54) is 18.7 Å². The van der Waals surface area contributed by atoms with Crippen molar-refractivity contribution in [1.29, 1.82) is 0 Å². The standard InChI is InChI=1S/C14H21N3O2/c1-2-8-17-12(3-1)15-13(16-17)11-4-6-14(7-5-11)18-9-10-19-14/h11H,1-10H2. The molecule has 0 amide bonds. The minimum absolute atomic E-state index is 0.268. The van der Waals surface area contributed by atoms with Crippen molar-refractivity contribution < 1.29 is 9.47 Å². The number of aryl methyl sites for hydroxylation is 2. The van der Waals surface area contributed by atoms with Crippen LogP contribution in [-0.2, 0) is 22.4 Å². The molecule has 0 N–H and O–H groups in total. The number of aromatic nitrogens is 3. The molecule has 0 aromatic carbocycles. The lowest BCUT2D eigenvalue weighted by Crippen LogP contribution is -2.34. The Balaban J connectivity index is 1.47. The maximum atomic E-state index is 5.78. The van der Waals surface area contributed by atoms with E-state index in [-0.39, 0.29) is 5.79 Å². The average Bonchev–Trinajstić information content (AvgIpc) is 3.06. The van der Waals surface area contributed by atoms with Crippen LogP contribution in [0.2, 0.25) is 0 Å². The number of hydrogen-bond acceptors (Lipinski definition) is 4. The first-order valence-electron chi connectivity index (χ1n) is 7.56. The summed E-state index contributed by atoms with van der Waals surface area (Å²) in [5, 5.41) is 4.71. The Morgan fingerprint density at radius 2 is 1.89 bits per heavy atom. The Hall–Kier alpha value is -0.940. The van der Waals surface area contributed by atoms with Crippen molar-refractivity contribution in [2.24, 2.45) is 0 Å². The second kappa shape index (κ2) is 4.56. The van der Waals surface area contributed by atoms with Gasteiger partial charge in [-0.2, -0.15) is 5.10 Å². The SMILES string of the molecule is C1CCn2nc(C3CCC4(CC3)OCCO4)nc2C1. The van der Waals surface area contributed by atoms with E-state index in [1.54, 1.807) is 0 Å². The molecule has 1 spiro atoms. The summed E-state index contributed by atoms with van der Waals surface area (Å²) in [6, 6.07) is 0. The topological polar surface area (TPSA) is 49.2 Å². The van der Waals surface area contributed by atoms with Crippen molar-refractivity contribution in [3.63, 3.8) is 0 Å². The fourth-order valence-electron chi connectivity index (χ4n) is 3.58. The van der Waals surface area contributed by atoms with Gasteiger partial charge in [-0.15, -0.1) is 0 Å². The van der Waals surface area contributed by atoms with Crippen molar-refractivity contribution in [3.05, 3.63) is 11.6 Å². The maximum Gasteiger partial charge on any atom is 0.168 e. The molecule has 1 aliphatic carbocycles. The highest BCUT2D eigenvalue weighted by Gasteiger charge is 2.41. The van der Waals surface area contributed by atoms with Gasteiger partial charge in [-0.05, 0) is 25.7 Å². The van der Waals surface area contributed by atoms with Crippen LogP contribution in [0.1, 0.15) is 56.1 Å². The summed E-state index contributed by atoms with van der Waals surface area (Å²) in [5.74, 6) is 2.48. The molecule has 3 aliphatic rings. The largest absolute Gasteiger partial charge is 0.348 e. The molecule has 0 bridgehead atoms. The summed E-state index contributed by atoms with van der Waals surface area (Å²) in [6.07, 6.45) is 7.74. The van der Waals surface area contributed by atoms with Crippen molar-refractivity contribution in [1.82, 2.24) is 14.8 Å². The van der Waals surface area contributed by atoms with E-state index in [9.17, 15) is 0 Å². The summed E-state index contributed by atoms with van der Waals surface area (Å²) in [6.45, 7) is 2.55. The molecule has 0 atom stereocenters. The van der Waals surface area contributed by atoms with Crippen LogP contribution in [0.15, 0.2) is 0 Å². The van der Waals surface area contributed by atoms with Gasteiger partial charge in [-0.1, -0.05) is 0 Å². The van der Waals surface area contributed by atoms with Gasteiger partial charge in [-0.25, -0.2) is 9.67 Å². The molecule has 1 saturated carbocycles. The first-order valence-corrected chi connectivity index (χ1v) is 7.56. The minimum atomic E-state index is -0.268. The third-order valence-corrected chi connectivity index (χ3v) is 4.71. The van der Waals surface area contributed by atoms with Gasteiger partial charge >= 0.3 is 0 Å². The van der Waals surface area contributed by atoms with Gasteiger partial charge < -0.3 is 9.47 Å². The molecule has 4 rings (SSSR count). The zero-order valence-electron chi connectivity index (χ0n) is 11.3. The molecule has 0 unspecified atom stereocenters. The molecular weight excluding hydrogens is 242 g/mol. The van der Waals surface area contributed by atoms with E-state index in [2.05, 4.69) is 4.68 Å². The number of ether oxygens (including phenoxy) is 2. The summed E-state index contributed by atoms with van der Waals surface area (Å²) >= 11 is 0. The van der Waals surface area contributed by atoms with E-state index < -0.39 is 0 Å². The predicted octanol–water partition coefficient (Wildman–Crippen LogP) is 2.02. The highest BCUT2D eigenvalue weighted by atomic mass is 16.7. The normalized spacial score (nSPS) is 26.7. The molecule has 19 heavy (non-hydrogen) atoms. The first-order chi connectivity index (χ1) is 9.35. The molecule has 5 heteroatoms. The quantitative estimate of drug-likeness (QED) is 0.777. The van der Waals surface area contributed by atoms with E-state index in [4.69, 9.17) is 19.6 Å². The molecule has 2 fully saturated rings. The van der Waals surface area contributed by atoms with Gasteiger partial charge in [0, 0.05) is 31.7 Å². The Kier molecular flexibility index (Phi) is 2.84. The second-order valence-corrected chi connectivity index (χ2v) is 5.95. The van der Waals surface area contributed by atoms with Crippen LogP contribution in [0.4, 0.5) is 0 Å². The molecule has 1 saturated heterocycles. The number of fused-ring (bicyclic) bond motifs is 1. The molecule has 0 radical (unpaired) electrons. The summed E-state index contributed by atoms with van der Waals surface area (Å²) in [7, 11) is 0. The molecule has 3 heterocycles. The van der Waals surface area contributed by atoms with Crippen LogP contribution in [0, 0.1) is 0 Å². The number of nitrogens with zero attached hydrogens (tertiary/aromatic N) is 3. The molecule has 104 valence electrons. The number of hydrogen-bond donors (Lipinski definition) is 0. The van der Waals surface area contributed by atoms with Gasteiger partial charge in [0.2, 0.25) is 0 Å². The summed E-state index contributed by atoms with van der Waals surface area (Å²) < 4.78 is 13.7. The Morgan fingerprint density at radius 1 is 1.11 bits per heavy atom. The predicted molar refractivity (Wildman–Crippen MR) is 68.8 cm³/mol. The van der Waals surface area contributed by atoms with Crippen molar-refractivity contribution in [3.8, 4) is 0 Å². The van der Waals surface area contributed by atoms with E-state index in [1.807, 2.05) is 0 Å². The average molecular weight is 263 g/mol. The summed E-state index contributed by atoms with van der Waals surface area (Å²) in [5.41, 5.74) is 0. The van der Waals surface area contributed by atoms with Crippen LogP contribution >= 0.6 is 0 Å². The van der Waals surface area contributed by atoms with Gasteiger partial charge in [0.25, 0.3) is 0 Å². The number of rotatable bonds is 1. The lowest BCUT2D eigenvalue weighted by molar-refractivity contribution is -0.179. The second-order valence-electron chi connectivity index (χ2n) is 5.95. The van der Waals surface area contributed by atoms with E-state index in [0.717, 1.165) is 57.7 Å². The first kappa shape index (κ1) is 11.9. The van der Waals surface area contributed by atoms with Gasteiger partial charge in [0.05, 0.1) is 13.2 Å². The monoisotopic (exact) mass is 263 g/mol. The van der Waals surface area contributed by atoms with Crippen molar-refractivity contribution in [2.45, 2.75) is 63.2 Å². The maximum absolute atomic E-state index is 5.78. The van der Waals surface area contributed by atoms with Gasteiger partial charge in [-0.3, -0.25) is 0 Å². The van der Waals surface area contributed by atoms with Gasteiger partial charge in [0.1, 0.15) is 5.82 Å². The van der Waals surface area contributed by atoms with Crippen molar-refractivity contribution in [2.75, 3.05) is 13.2 Å². The summed E-state index contributed by atoms with van der Waals surface area (Å²) in [4.78, 5) is 4.76. The fraction of sp³-hybridized carbons (Fsp3) is 0.857. The minimum Gasteiger partial charge on any atom is -0.348 e. The highest BCUT2D eigenvalue weighted by molar-refractivity contribution is 5.04. The third kappa shape index (κ3) is 2.09. The van der Waals surface area contributed by atoms with Crippen LogP contribution in [0.25, 0.3) is 0 Å². The Labute approximate surface area is 113 Å². The van der Waals surface area contributed by atoms with Crippen LogP contribution < -0.4 is 0 Å². The van der Waals surface area contributed by atoms with Crippen LogP contribution in [0.5, 0.6) is 0 Å². The smallest absolute Gasteiger partial charge is 0.168 e. The molecule has 5 nitrogen and oxygen atoms in total. The Morgan fingerprint density at radius 3 is 2.63 bits per heavy atom. The van der Waals surface area contributed by atoms with E-state index in [0.29, 0.717) is 5.92 Å². The molecule has 1 aromatic rings. The third-order valence-electron chi connectivity index (χ3n) is 4.71. The Bertz CT molecular complexity index is 432. The zero-order valence-corrected chi connectivity index (χ0v) is 11.3. The van der Waals surface area contributed by atoms with Crippen LogP contribution in [0.3, 0.4) is 0 Å². The molecular formula is C14H21N3O2. The van der Waals surface area contributed by atoms with E-state index >= 15 is 0 Å². The molecule has 2 aliphatic heterocycles. The zero-order chi connectivity index (χ0) is 12.7. The van der Waals surface area contributed by atoms with Gasteiger partial charge in [0.15, 0.2) is 11.6 Å². The van der Waals surface area contributed by atoms with Crippen LogP contribution in [-0.4, -0.2) is 33.8 Å². The fourth-order valence-corrected chi connectivity index (χ4v) is 3.58. The van der Waals surface area contributed by atoms with Crippen molar-refractivity contribution >= 4 is 0 Å². The lowest BCUT2D eigenvalue weighted by atomic mass is 9.84.